The Kier molecular flexibility index (Phi) is 3.37. The van der Waals surface area contributed by atoms with Gasteiger partial charge in [-0.25, -0.2) is 9.67 Å². The van der Waals surface area contributed by atoms with Gasteiger partial charge >= 0.3 is 0 Å². The Labute approximate surface area is 150 Å². The lowest BCUT2D eigenvalue weighted by molar-refractivity contribution is 0.0679. The summed E-state index contributed by atoms with van der Waals surface area (Å²) in [5, 5.41) is 12.9. The summed E-state index contributed by atoms with van der Waals surface area (Å²) in [6.07, 6.45) is 5.45. The first-order valence-electron chi connectivity index (χ1n) is 8.89. The molecule has 1 atom stereocenters. The number of hydrogen-bond acceptors (Lipinski definition) is 5. The van der Waals surface area contributed by atoms with Gasteiger partial charge in [0.2, 0.25) is 0 Å². The Morgan fingerprint density at radius 2 is 2.04 bits per heavy atom. The second-order valence-electron chi connectivity index (χ2n) is 7.01. The number of carbonyl (C=O) groups is 1. The Bertz CT molecular complexity index is 958. The van der Waals surface area contributed by atoms with E-state index in [4.69, 9.17) is 0 Å². The van der Waals surface area contributed by atoms with E-state index in [9.17, 15) is 4.79 Å². The molecule has 5 rings (SSSR count). The third-order valence-electron chi connectivity index (χ3n) is 5.08. The highest BCUT2D eigenvalue weighted by Gasteiger charge is 2.36. The van der Waals surface area contributed by atoms with E-state index in [-0.39, 0.29) is 11.9 Å². The van der Waals surface area contributed by atoms with Crippen LogP contribution in [0.1, 0.15) is 53.7 Å². The van der Waals surface area contributed by atoms with Crippen LogP contribution in [-0.4, -0.2) is 46.9 Å². The molecule has 2 aromatic heterocycles. The Balaban J connectivity index is 1.47. The van der Waals surface area contributed by atoms with Gasteiger partial charge in [-0.3, -0.25) is 4.79 Å². The van der Waals surface area contributed by atoms with Gasteiger partial charge in [-0.15, -0.1) is 10.2 Å². The number of nitrogens with zero attached hydrogens (tertiary/aromatic N) is 7. The molecule has 3 aromatic rings. The van der Waals surface area contributed by atoms with Crippen LogP contribution in [0.5, 0.6) is 0 Å². The fourth-order valence-corrected chi connectivity index (χ4v) is 3.69. The van der Waals surface area contributed by atoms with Crippen molar-refractivity contribution >= 4 is 5.91 Å². The number of amides is 1. The monoisotopic (exact) mass is 349 g/mol. The average Bonchev–Trinajstić information content (AvgIpc) is 3.19. The van der Waals surface area contributed by atoms with Crippen molar-refractivity contribution in [2.45, 2.75) is 38.3 Å². The first-order chi connectivity index (χ1) is 12.7. The second-order valence-corrected chi connectivity index (χ2v) is 7.01. The van der Waals surface area contributed by atoms with Crippen LogP contribution < -0.4 is 0 Å². The number of carbonyl (C=O) groups excluding carboxylic acids is 1. The Morgan fingerprint density at radius 1 is 1.19 bits per heavy atom. The molecular formula is C18H19N7O. The molecular weight excluding hydrogens is 330 g/mol. The highest BCUT2D eigenvalue weighted by atomic mass is 16.2. The molecule has 1 amide bonds. The van der Waals surface area contributed by atoms with Gasteiger partial charge in [0.25, 0.3) is 5.91 Å². The van der Waals surface area contributed by atoms with Gasteiger partial charge < -0.3 is 9.47 Å². The first-order valence-corrected chi connectivity index (χ1v) is 8.89. The SMILES string of the molecule is C[C@H]1CN(C(=O)c2ccccc2-n2cncn2)Cc2nnc(C3CC3)n21. The van der Waals surface area contributed by atoms with Crippen LogP contribution in [0.25, 0.3) is 5.69 Å². The Morgan fingerprint density at radius 3 is 2.81 bits per heavy atom. The minimum absolute atomic E-state index is 0.0230. The molecule has 1 fully saturated rings. The predicted octanol–water partition coefficient (Wildman–Crippen LogP) is 1.95. The molecule has 1 aliphatic carbocycles. The zero-order valence-corrected chi connectivity index (χ0v) is 14.5. The van der Waals surface area contributed by atoms with E-state index in [1.807, 2.05) is 29.2 Å². The van der Waals surface area contributed by atoms with E-state index >= 15 is 0 Å². The summed E-state index contributed by atoms with van der Waals surface area (Å²) in [6, 6.07) is 7.65. The molecule has 1 aromatic carbocycles. The molecule has 0 spiro atoms. The van der Waals surface area contributed by atoms with Crippen LogP contribution in [0, 0.1) is 0 Å². The molecule has 0 saturated heterocycles. The topological polar surface area (TPSA) is 81.7 Å². The van der Waals surface area contributed by atoms with Crippen molar-refractivity contribution in [3.63, 3.8) is 0 Å². The zero-order valence-electron chi connectivity index (χ0n) is 14.5. The van der Waals surface area contributed by atoms with Crippen molar-refractivity contribution in [2.75, 3.05) is 6.54 Å². The lowest BCUT2D eigenvalue weighted by Crippen LogP contribution is -2.41. The summed E-state index contributed by atoms with van der Waals surface area (Å²) in [7, 11) is 0. The molecule has 8 nitrogen and oxygen atoms in total. The van der Waals surface area contributed by atoms with Crippen LogP contribution in [0.3, 0.4) is 0 Å². The summed E-state index contributed by atoms with van der Waals surface area (Å²) in [5.74, 6) is 2.49. The molecule has 0 N–H and O–H groups in total. The van der Waals surface area contributed by atoms with Gasteiger partial charge in [-0.1, -0.05) is 12.1 Å². The predicted molar refractivity (Wildman–Crippen MR) is 92.8 cm³/mol. The smallest absolute Gasteiger partial charge is 0.256 e. The minimum Gasteiger partial charge on any atom is -0.329 e. The number of fused-ring (bicyclic) bond motifs is 1. The van der Waals surface area contributed by atoms with E-state index < -0.39 is 0 Å². The fourth-order valence-electron chi connectivity index (χ4n) is 3.69. The summed E-state index contributed by atoms with van der Waals surface area (Å²) in [6.45, 7) is 3.26. The maximum Gasteiger partial charge on any atom is 0.256 e. The number of hydrogen-bond donors (Lipinski definition) is 0. The lowest BCUT2D eigenvalue weighted by Gasteiger charge is -2.33. The van der Waals surface area contributed by atoms with Gasteiger partial charge in [0.05, 0.1) is 23.8 Å². The molecule has 26 heavy (non-hydrogen) atoms. The summed E-state index contributed by atoms with van der Waals surface area (Å²) in [5.41, 5.74) is 1.34. The van der Waals surface area contributed by atoms with Crippen LogP contribution in [-0.2, 0) is 6.54 Å². The van der Waals surface area contributed by atoms with E-state index in [2.05, 4.69) is 31.8 Å². The molecule has 3 heterocycles. The maximum atomic E-state index is 13.2. The third kappa shape index (κ3) is 2.40. The van der Waals surface area contributed by atoms with Gasteiger partial charge in [0, 0.05) is 12.5 Å². The second kappa shape index (κ2) is 5.76. The maximum absolute atomic E-state index is 13.2. The number of aromatic nitrogens is 6. The highest BCUT2D eigenvalue weighted by molar-refractivity contribution is 5.97. The highest BCUT2D eigenvalue weighted by Crippen LogP contribution is 2.41. The van der Waals surface area contributed by atoms with E-state index in [0.29, 0.717) is 24.6 Å². The molecule has 132 valence electrons. The van der Waals surface area contributed by atoms with E-state index in [1.165, 1.54) is 19.2 Å². The number of benzene rings is 1. The summed E-state index contributed by atoms with van der Waals surface area (Å²) < 4.78 is 3.85. The quantitative estimate of drug-likeness (QED) is 0.722. The van der Waals surface area contributed by atoms with Crippen molar-refractivity contribution < 1.29 is 4.79 Å². The summed E-state index contributed by atoms with van der Waals surface area (Å²) >= 11 is 0. The van der Waals surface area contributed by atoms with E-state index in [0.717, 1.165) is 17.3 Å². The fraction of sp³-hybridized carbons (Fsp3) is 0.389. The van der Waals surface area contributed by atoms with Gasteiger partial charge in [-0.05, 0) is 31.9 Å². The molecule has 1 aliphatic heterocycles. The van der Waals surface area contributed by atoms with Crippen LogP contribution in [0.15, 0.2) is 36.9 Å². The van der Waals surface area contributed by atoms with Gasteiger partial charge in [-0.2, -0.15) is 5.10 Å². The standard InChI is InChI=1S/C18H19N7O/c1-12-8-23(9-16-21-22-17(25(12)16)13-6-7-13)18(26)14-4-2-3-5-15(14)24-11-19-10-20-24/h2-5,10-13H,6-9H2,1H3/t12-/m0/s1. The molecule has 2 aliphatic rings. The number of rotatable bonds is 3. The largest absolute Gasteiger partial charge is 0.329 e. The van der Waals surface area contributed by atoms with Crippen molar-refractivity contribution in [1.82, 2.24) is 34.4 Å². The first kappa shape index (κ1) is 15.2. The van der Waals surface area contributed by atoms with Gasteiger partial charge in [0.15, 0.2) is 5.82 Å². The Hall–Kier alpha value is -3.03. The van der Waals surface area contributed by atoms with Gasteiger partial charge in [0.1, 0.15) is 18.5 Å². The average molecular weight is 349 g/mol. The zero-order chi connectivity index (χ0) is 17.7. The summed E-state index contributed by atoms with van der Waals surface area (Å²) in [4.78, 5) is 19.1. The van der Waals surface area contributed by atoms with Crippen molar-refractivity contribution in [1.29, 1.82) is 0 Å². The molecule has 0 unspecified atom stereocenters. The molecule has 0 radical (unpaired) electrons. The van der Waals surface area contributed by atoms with Crippen molar-refractivity contribution in [2.24, 2.45) is 0 Å². The van der Waals surface area contributed by atoms with Crippen LogP contribution in [0.2, 0.25) is 0 Å². The molecule has 8 heteroatoms. The molecule has 1 saturated carbocycles. The van der Waals surface area contributed by atoms with Crippen molar-refractivity contribution in [3.05, 3.63) is 54.1 Å². The van der Waals surface area contributed by atoms with Crippen LogP contribution >= 0.6 is 0 Å². The van der Waals surface area contributed by atoms with Crippen molar-refractivity contribution in [3.8, 4) is 5.69 Å². The molecule has 0 bridgehead atoms. The minimum atomic E-state index is -0.0230. The third-order valence-corrected chi connectivity index (χ3v) is 5.08. The number of para-hydroxylation sites is 1. The normalized spacial score (nSPS) is 19.4. The lowest BCUT2D eigenvalue weighted by atomic mass is 10.1. The van der Waals surface area contributed by atoms with Crippen LogP contribution in [0.4, 0.5) is 0 Å². The van der Waals surface area contributed by atoms with E-state index in [1.54, 1.807) is 11.0 Å².